The molecule has 1 unspecified atom stereocenters. The van der Waals surface area contributed by atoms with Crippen LogP contribution in [-0.4, -0.2) is 46.8 Å². The van der Waals surface area contributed by atoms with E-state index in [4.69, 9.17) is 25.8 Å². The number of ether oxygens (including phenoxy) is 3. The monoisotopic (exact) mass is 679 g/mol. The summed E-state index contributed by atoms with van der Waals surface area (Å²) < 4.78 is 18.1. The lowest BCUT2D eigenvalue weighted by atomic mass is 9.95. The molecule has 1 saturated heterocycles. The van der Waals surface area contributed by atoms with E-state index < -0.39 is 17.7 Å². The number of thioether (sulfide) groups is 1. The maximum atomic E-state index is 13.7. The molecule has 0 radical (unpaired) electrons. The molecule has 0 bridgehead atoms. The number of aliphatic hydroxyl groups excluding tert-OH is 1. The summed E-state index contributed by atoms with van der Waals surface area (Å²) in [5.41, 5.74) is 1.90. The normalized spacial score (nSPS) is 15.7. The van der Waals surface area contributed by atoms with Crippen molar-refractivity contribution in [2.45, 2.75) is 49.7 Å². The molecular weight excluding hydrogens is 646 g/mol. The van der Waals surface area contributed by atoms with Crippen LogP contribution in [0.25, 0.3) is 5.76 Å². The number of hydrogen-bond donors (Lipinski definition) is 1. The third-order valence-electron chi connectivity index (χ3n) is 6.97. The lowest BCUT2D eigenvalue weighted by Crippen LogP contribution is -2.29. The van der Waals surface area contributed by atoms with Crippen LogP contribution in [-0.2, 0) is 15.3 Å². The number of halogens is 1. The Hall–Kier alpha value is -4.06. The van der Waals surface area contributed by atoms with Crippen LogP contribution >= 0.6 is 34.7 Å². The van der Waals surface area contributed by atoms with Gasteiger partial charge in [-0.1, -0.05) is 66.7 Å². The molecule has 46 heavy (non-hydrogen) atoms. The van der Waals surface area contributed by atoms with Crippen LogP contribution in [0.5, 0.6) is 17.2 Å². The quantitative estimate of drug-likeness (QED) is 0.0465. The third kappa shape index (κ3) is 7.49. The highest BCUT2D eigenvalue weighted by atomic mass is 35.5. The molecule has 1 aliphatic heterocycles. The zero-order chi connectivity index (χ0) is 32.6. The summed E-state index contributed by atoms with van der Waals surface area (Å²) in [7, 11) is 0. The Morgan fingerprint density at radius 1 is 0.913 bits per heavy atom. The van der Waals surface area contributed by atoms with Gasteiger partial charge in [-0.15, -0.1) is 10.2 Å². The van der Waals surface area contributed by atoms with Gasteiger partial charge < -0.3 is 19.3 Å². The zero-order valence-electron chi connectivity index (χ0n) is 25.7. The van der Waals surface area contributed by atoms with E-state index in [1.165, 1.54) is 28.0 Å². The molecule has 1 N–H and O–H groups in total. The van der Waals surface area contributed by atoms with E-state index in [-0.39, 0.29) is 16.5 Å². The summed E-state index contributed by atoms with van der Waals surface area (Å²) in [5.74, 6) is 0.309. The smallest absolute Gasteiger partial charge is 0.301 e. The highest BCUT2D eigenvalue weighted by Crippen LogP contribution is 2.45. The van der Waals surface area contributed by atoms with Gasteiger partial charge in [-0.2, -0.15) is 0 Å². The highest BCUT2D eigenvalue weighted by Gasteiger charge is 2.48. The van der Waals surface area contributed by atoms with Crippen molar-refractivity contribution in [1.82, 2.24) is 10.2 Å². The van der Waals surface area contributed by atoms with E-state index in [0.717, 1.165) is 18.4 Å². The molecule has 4 aromatic rings. The minimum Gasteiger partial charge on any atom is -0.507 e. The molecule has 9 nitrogen and oxygen atoms in total. The number of carbonyl (C=O) groups is 2. The molecule has 0 aliphatic carbocycles. The van der Waals surface area contributed by atoms with E-state index >= 15 is 0 Å². The van der Waals surface area contributed by atoms with Crippen molar-refractivity contribution in [3.63, 3.8) is 0 Å². The molecule has 1 atom stereocenters. The molecule has 5 rings (SSSR count). The first-order valence-electron chi connectivity index (χ1n) is 15.0. The van der Waals surface area contributed by atoms with Gasteiger partial charge in [-0.3, -0.25) is 14.5 Å². The summed E-state index contributed by atoms with van der Waals surface area (Å²) in [6.07, 6.45) is 1.66. The summed E-state index contributed by atoms with van der Waals surface area (Å²) in [5, 5.41) is 21.1. The third-order valence-corrected chi connectivity index (χ3v) is 9.35. The van der Waals surface area contributed by atoms with Gasteiger partial charge in [-0.25, -0.2) is 0 Å². The van der Waals surface area contributed by atoms with Gasteiger partial charge in [0, 0.05) is 16.3 Å². The van der Waals surface area contributed by atoms with Crippen molar-refractivity contribution in [1.29, 1.82) is 0 Å². The highest BCUT2D eigenvalue weighted by molar-refractivity contribution is 8.00. The molecule has 1 aliphatic rings. The first-order valence-corrected chi connectivity index (χ1v) is 17.2. The van der Waals surface area contributed by atoms with Crippen LogP contribution < -0.4 is 19.1 Å². The van der Waals surface area contributed by atoms with Gasteiger partial charge in [0.2, 0.25) is 5.13 Å². The van der Waals surface area contributed by atoms with Gasteiger partial charge in [-0.05, 0) is 79.4 Å². The number of rotatable bonds is 14. The number of hydrogen-bond acceptors (Lipinski definition) is 10. The lowest BCUT2D eigenvalue weighted by molar-refractivity contribution is -0.132. The van der Waals surface area contributed by atoms with Crippen LogP contribution in [0, 0.1) is 0 Å². The second-order valence-corrected chi connectivity index (χ2v) is 12.9. The second kappa shape index (κ2) is 15.5. The minimum absolute atomic E-state index is 0.0672. The van der Waals surface area contributed by atoms with Gasteiger partial charge >= 0.3 is 5.91 Å². The van der Waals surface area contributed by atoms with Gasteiger partial charge in [0.1, 0.15) is 11.5 Å². The predicted octanol–water partition coefficient (Wildman–Crippen LogP) is 8.09. The molecular formula is C34H34ClN3O6S2. The molecule has 12 heteroatoms. The number of aliphatic hydroxyl groups is 1. The minimum atomic E-state index is -1.00. The number of ketones is 1. The average molecular weight is 680 g/mol. The fourth-order valence-electron chi connectivity index (χ4n) is 4.81. The maximum absolute atomic E-state index is 13.7. The Labute approximate surface area is 281 Å². The Balaban J connectivity index is 1.55. The standard InChI is InChI=1S/C34H34ClN3O6S2/c1-4-17-43-25-14-9-22(10-15-25)30(39)28-29(23-11-16-26(44-18-5-2)27(19-23)42-6-3)38(32(41)31(28)40)33-36-37-34(46-33)45-20-21-7-12-24(35)13-8-21/h7-16,19,29,39H,4-6,17-18,20H2,1-3H3. The van der Waals surface area contributed by atoms with Crippen LogP contribution in [0.1, 0.15) is 56.3 Å². The van der Waals surface area contributed by atoms with E-state index in [0.29, 0.717) is 63.3 Å². The molecule has 3 aromatic carbocycles. The second-order valence-electron chi connectivity index (χ2n) is 10.3. The molecule has 240 valence electrons. The van der Waals surface area contributed by atoms with Crippen molar-refractivity contribution in [3.8, 4) is 17.2 Å². The molecule has 2 heterocycles. The fourth-order valence-corrected chi connectivity index (χ4v) is 6.76. The summed E-state index contributed by atoms with van der Waals surface area (Å²) in [4.78, 5) is 28.7. The van der Waals surface area contributed by atoms with E-state index in [2.05, 4.69) is 10.2 Å². The maximum Gasteiger partial charge on any atom is 0.301 e. The number of aromatic nitrogens is 2. The Kier molecular flexibility index (Phi) is 11.2. The van der Waals surface area contributed by atoms with Crippen molar-refractivity contribution in [2.75, 3.05) is 24.7 Å². The van der Waals surface area contributed by atoms with Crippen LogP contribution in [0.3, 0.4) is 0 Å². The van der Waals surface area contributed by atoms with E-state index in [1.54, 1.807) is 42.5 Å². The topological polar surface area (TPSA) is 111 Å². The molecule has 0 spiro atoms. The van der Waals surface area contributed by atoms with Crippen LogP contribution in [0.2, 0.25) is 5.02 Å². The summed E-state index contributed by atoms with van der Waals surface area (Å²) >= 11 is 8.67. The number of benzene rings is 3. The summed E-state index contributed by atoms with van der Waals surface area (Å²) in [6.45, 7) is 7.31. The van der Waals surface area contributed by atoms with E-state index in [1.807, 2.05) is 45.0 Å². The van der Waals surface area contributed by atoms with Crippen molar-refractivity contribution < 1.29 is 28.9 Å². The fraction of sp³-hybridized carbons (Fsp3) is 0.294. The number of nitrogens with zero attached hydrogens (tertiary/aromatic N) is 3. The first kappa shape index (κ1) is 33.3. The zero-order valence-corrected chi connectivity index (χ0v) is 28.1. The summed E-state index contributed by atoms with van der Waals surface area (Å²) in [6, 6.07) is 18.5. The molecule has 1 fully saturated rings. The van der Waals surface area contributed by atoms with E-state index in [9.17, 15) is 14.7 Å². The number of anilines is 1. The number of amides is 1. The SMILES string of the molecule is CCCOc1ccc(C(O)=C2C(=O)C(=O)N(c3nnc(SCc4ccc(Cl)cc4)s3)C2c2ccc(OCCC)c(OCC)c2)cc1. The predicted molar refractivity (Wildman–Crippen MR) is 181 cm³/mol. The largest absolute Gasteiger partial charge is 0.507 e. The van der Waals surface area contributed by atoms with Crippen molar-refractivity contribution in [2.24, 2.45) is 0 Å². The van der Waals surface area contributed by atoms with Crippen molar-refractivity contribution >= 4 is 57.3 Å². The lowest BCUT2D eigenvalue weighted by Gasteiger charge is -2.23. The number of Topliss-reactive ketones (excluding diaryl/α,β-unsaturated/α-hetero) is 1. The van der Waals surface area contributed by atoms with Gasteiger partial charge in [0.15, 0.2) is 15.8 Å². The Morgan fingerprint density at radius 2 is 1.63 bits per heavy atom. The molecule has 1 amide bonds. The molecule has 0 saturated carbocycles. The first-order chi connectivity index (χ1) is 22.3. The van der Waals surface area contributed by atoms with Gasteiger partial charge in [0.25, 0.3) is 5.78 Å². The van der Waals surface area contributed by atoms with Crippen LogP contribution in [0.15, 0.2) is 76.6 Å². The molecule has 1 aromatic heterocycles. The van der Waals surface area contributed by atoms with Gasteiger partial charge in [0.05, 0.1) is 31.4 Å². The Bertz CT molecular complexity index is 1710. The number of carbonyl (C=O) groups excluding carboxylic acids is 2. The Morgan fingerprint density at radius 3 is 2.33 bits per heavy atom. The van der Waals surface area contributed by atoms with Crippen molar-refractivity contribution in [3.05, 3.63) is 94.0 Å². The average Bonchev–Trinajstić information content (AvgIpc) is 3.64. The van der Waals surface area contributed by atoms with Crippen LogP contribution in [0.4, 0.5) is 5.13 Å².